The highest BCUT2D eigenvalue weighted by Gasteiger charge is 2.37. The number of nitrogens with zero attached hydrogens (tertiary/aromatic N) is 2. The van der Waals surface area contributed by atoms with Gasteiger partial charge in [-0.05, 0) is 35.4 Å². The molecule has 1 aromatic rings. The Morgan fingerprint density at radius 2 is 1.44 bits per heavy atom. The van der Waals surface area contributed by atoms with Crippen LogP contribution in [0.1, 0.15) is 77.2 Å². The van der Waals surface area contributed by atoms with Gasteiger partial charge in [-0.25, -0.2) is 0 Å². The predicted octanol–water partition coefficient (Wildman–Crippen LogP) is 0.779. The Morgan fingerprint density at radius 1 is 0.854 bits per heavy atom. The lowest BCUT2D eigenvalue weighted by molar-refractivity contribution is -0.141. The average Bonchev–Trinajstić information content (AvgIpc) is 3.00. The maximum atomic E-state index is 13.5. The number of rotatable bonds is 13. The monoisotopic (exact) mass is 672 g/mol. The lowest BCUT2D eigenvalue weighted by atomic mass is 9.85. The van der Waals surface area contributed by atoms with E-state index < -0.39 is 59.4 Å². The molecule has 1 aliphatic heterocycles. The van der Waals surface area contributed by atoms with E-state index in [4.69, 9.17) is 4.74 Å². The summed E-state index contributed by atoms with van der Waals surface area (Å²) in [4.78, 5) is 93.3. The number of hydrogen-bond donors (Lipinski definition) is 4. The predicted molar refractivity (Wildman–Crippen MR) is 178 cm³/mol. The number of ether oxygens (including phenoxy) is 1. The number of morpholine rings is 1. The number of ketones is 1. The Labute approximate surface area is 283 Å². The molecule has 14 nitrogen and oxygen atoms in total. The zero-order valence-electron chi connectivity index (χ0n) is 29.7. The van der Waals surface area contributed by atoms with Crippen molar-refractivity contribution in [1.29, 1.82) is 0 Å². The molecule has 0 spiro atoms. The molecule has 1 fully saturated rings. The summed E-state index contributed by atoms with van der Waals surface area (Å²) in [5, 5.41) is 10.3. The van der Waals surface area contributed by atoms with E-state index in [0.29, 0.717) is 37.4 Å². The zero-order chi connectivity index (χ0) is 36.4. The van der Waals surface area contributed by atoms with Crippen molar-refractivity contribution in [3.05, 3.63) is 35.4 Å². The third kappa shape index (κ3) is 12.7. The largest absolute Gasteiger partial charge is 0.378 e. The van der Waals surface area contributed by atoms with E-state index in [0.717, 1.165) is 0 Å². The maximum Gasteiger partial charge on any atom is 0.289 e. The van der Waals surface area contributed by atoms with Crippen LogP contribution < -0.4 is 21.3 Å². The van der Waals surface area contributed by atoms with Crippen molar-refractivity contribution in [3.8, 4) is 0 Å². The third-order valence-electron chi connectivity index (χ3n) is 7.56. The summed E-state index contributed by atoms with van der Waals surface area (Å²) in [5.41, 5.74) is 0.0749. The summed E-state index contributed by atoms with van der Waals surface area (Å²) in [5.74, 6) is -4.33. The van der Waals surface area contributed by atoms with Crippen LogP contribution in [0.25, 0.3) is 0 Å². The first-order chi connectivity index (χ1) is 22.2. The SMILES string of the molecule is CC(NC(=O)[C@H](CC(=O)N(C)C)NC(=O)C(NC(=O)CC(C)(C)C)C(C)(C)C)C(=O)C(=O)NCc1ccc(C(=O)N2CCOCC2)cc1. The molecule has 14 heteroatoms. The van der Waals surface area contributed by atoms with E-state index in [1.165, 1.54) is 25.9 Å². The van der Waals surface area contributed by atoms with Gasteiger partial charge in [-0.15, -0.1) is 0 Å². The second kappa shape index (κ2) is 17.2. The highest BCUT2D eigenvalue weighted by molar-refractivity contribution is 6.38. The van der Waals surface area contributed by atoms with Gasteiger partial charge in [0.1, 0.15) is 12.1 Å². The minimum Gasteiger partial charge on any atom is -0.378 e. The van der Waals surface area contributed by atoms with Crippen LogP contribution in [0.3, 0.4) is 0 Å². The molecule has 2 unspecified atom stereocenters. The molecule has 1 aromatic carbocycles. The van der Waals surface area contributed by atoms with Gasteiger partial charge >= 0.3 is 0 Å². The van der Waals surface area contributed by atoms with Crippen LogP contribution in [0, 0.1) is 10.8 Å². The Balaban J connectivity index is 2.05. The molecule has 48 heavy (non-hydrogen) atoms. The van der Waals surface area contributed by atoms with Gasteiger partial charge in [0.05, 0.1) is 25.7 Å². The highest BCUT2D eigenvalue weighted by Crippen LogP contribution is 2.22. The van der Waals surface area contributed by atoms with E-state index >= 15 is 0 Å². The summed E-state index contributed by atoms with van der Waals surface area (Å²) in [6, 6.07) is 2.93. The molecular formula is C34H52N6O8. The van der Waals surface area contributed by atoms with Crippen molar-refractivity contribution in [3.63, 3.8) is 0 Å². The molecule has 6 amide bonds. The van der Waals surface area contributed by atoms with Crippen molar-refractivity contribution in [1.82, 2.24) is 31.1 Å². The highest BCUT2D eigenvalue weighted by atomic mass is 16.5. The van der Waals surface area contributed by atoms with E-state index in [1.807, 2.05) is 20.8 Å². The second-order valence-electron chi connectivity index (χ2n) is 14.5. The first kappa shape index (κ1) is 39.8. The Kier molecular flexibility index (Phi) is 14.3. The standard InChI is InChI=1S/C34H52N6O8/c1-21(27(43)30(45)35-20-22-10-12-23(13-11-22)32(47)40-14-16-48-17-15-40)36-29(44)24(18-26(42)39(8)9)37-31(46)28(34(5,6)7)38-25(41)19-33(2,3)4/h10-13,21,24,28H,14-20H2,1-9H3,(H,35,45)(H,36,44)(H,37,46)(H,38,41)/t21?,24-,28?/m0/s1. The van der Waals surface area contributed by atoms with Crippen molar-refractivity contribution in [2.24, 2.45) is 10.8 Å². The van der Waals surface area contributed by atoms with Crippen LogP contribution in [0.4, 0.5) is 0 Å². The molecule has 0 bridgehead atoms. The topological polar surface area (TPSA) is 183 Å². The minimum atomic E-state index is -1.39. The number of carbonyl (C=O) groups excluding carboxylic acids is 7. The van der Waals surface area contributed by atoms with Crippen LogP contribution in [0.5, 0.6) is 0 Å². The van der Waals surface area contributed by atoms with Gasteiger partial charge in [-0.1, -0.05) is 53.7 Å². The first-order valence-electron chi connectivity index (χ1n) is 16.1. The third-order valence-corrected chi connectivity index (χ3v) is 7.56. The van der Waals surface area contributed by atoms with Crippen molar-refractivity contribution < 1.29 is 38.3 Å². The van der Waals surface area contributed by atoms with Gasteiger partial charge in [0.15, 0.2) is 0 Å². The van der Waals surface area contributed by atoms with E-state index in [1.54, 1.807) is 49.9 Å². The van der Waals surface area contributed by atoms with Crippen LogP contribution >= 0.6 is 0 Å². The van der Waals surface area contributed by atoms with Crippen molar-refractivity contribution >= 4 is 41.2 Å². The molecule has 0 aromatic heterocycles. The van der Waals surface area contributed by atoms with Gasteiger partial charge in [0.2, 0.25) is 29.4 Å². The summed E-state index contributed by atoms with van der Waals surface area (Å²) >= 11 is 0. The molecule has 0 aliphatic carbocycles. The lowest BCUT2D eigenvalue weighted by Gasteiger charge is -2.33. The van der Waals surface area contributed by atoms with Crippen LogP contribution in [-0.4, -0.2) is 110 Å². The van der Waals surface area contributed by atoms with Crippen LogP contribution in [0.2, 0.25) is 0 Å². The molecule has 0 saturated carbocycles. The molecule has 1 heterocycles. The summed E-state index contributed by atoms with van der Waals surface area (Å²) < 4.78 is 5.28. The average molecular weight is 673 g/mol. The van der Waals surface area contributed by atoms with Crippen LogP contribution in [0.15, 0.2) is 24.3 Å². The molecule has 266 valence electrons. The Hall–Kier alpha value is -4.33. The van der Waals surface area contributed by atoms with Gasteiger partial charge < -0.3 is 35.8 Å². The summed E-state index contributed by atoms with van der Waals surface area (Å²) in [7, 11) is 2.99. The number of benzene rings is 1. The molecule has 1 saturated heterocycles. The number of carbonyl (C=O) groups is 7. The molecule has 0 radical (unpaired) electrons. The molecule has 4 N–H and O–H groups in total. The molecule has 1 aliphatic rings. The second-order valence-corrected chi connectivity index (χ2v) is 14.5. The Bertz CT molecular complexity index is 1340. The fourth-order valence-corrected chi connectivity index (χ4v) is 4.75. The lowest BCUT2D eigenvalue weighted by Crippen LogP contribution is -2.59. The molecular weight excluding hydrogens is 620 g/mol. The molecule has 3 atom stereocenters. The van der Waals surface area contributed by atoms with Gasteiger partial charge in [0.25, 0.3) is 11.8 Å². The molecule has 2 rings (SSSR count). The van der Waals surface area contributed by atoms with Gasteiger partial charge in [0, 0.05) is 45.7 Å². The van der Waals surface area contributed by atoms with Crippen LogP contribution in [-0.2, 0) is 40.0 Å². The maximum absolute atomic E-state index is 13.5. The van der Waals surface area contributed by atoms with E-state index in [-0.39, 0.29) is 30.2 Å². The van der Waals surface area contributed by atoms with E-state index in [2.05, 4.69) is 21.3 Å². The van der Waals surface area contributed by atoms with Crippen molar-refractivity contribution in [2.75, 3.05) is 40.4 Å². The fraction of sp³-hybridized carbons (Fsp3) is 0.618. The normalized spacial score (nSPS) is 15.3. The number of Topliss-reactive ketones (excluding diaryl/α,β-unsaturated/α-hetero) is 1. The zero-order valence-corrected chi connectivity index (χ0v) is 29.7. The quantitative estimate of drug-likeness (QED) is 0.222. The Morgan fingerprint density at radius 3 is 1.96 bits per heavy atom. The van der Waals surface area contributed by atoms with E-state index in [9.17, 15) is 33.6 Å². The van der Waals surface area contributed by atoms with Gasteiger partial charge in [-0.3, -0.25) is 33.6 Å². The number of hydrogen-bond acceptors (Lipinski definition) is 8. The summed E-state index contributed by atoms with van der Waals surface area (Å²) in [6.45, 7) is 14.3. The fourth-order valence-electron chi connectivity index (χ4n) is 4.75. The first-order valence-corrected chi connectivity index (χ1v) is 16.1. The van der Waals surface area contributed by atoms with Crippen molar-refractivity contribution in [2.45, 2.75) is 86.0 Å². The number of nitrogens with one attached hydrogen (secondary N) is 4. The summed E-state index contributed by atoms with van der Waals surface area (Å²) in [6.07, 6.45) is -0.258. The minimum absolute atomic E-state index is 0.00239. The van der Waals surface area contributed by atoms with Gasteiger partial charge in [-0.2, -0.15) is 0 Å². The smallest absolute Gasteiger partial charge is 0.289 e. The number of amides is 6.